The van der Waals surface area contributed by atoms with Gasteiger partial charge in [0.1, 0.15) is 5.01 Å². The largest absolute Gasteiger partial charge is 0.359 e. The minimum absolute atomic E-state index is 0.0456. The highest BCUT2D eigenvalue weighted by Crippen LogP contribution is 2.21. The number of carbonyl (C=O) groups excluding carboxylic acids is 1. The lowest BCUT2D eigenvalue weighted by Crippen LogP contribution is -2.41. The first-order valence-corrected chi connectivity index (χ1v) is 7.12. The predicted octanol–water partition coefficient (Wildman–Crippen LogP) is 2.16. The number of aromatic nitrogens is 1. The van der Waals surface area contributed by atoms with E-state index >= 15 is 0 Å². The molecule has 0 spiro atoms. The van der Waals surface area contributed by atoms with Crippen LogP contribution in [0.15, 0.2) is 24.3 Å². The van der Waals surface area contributed by atoms with Gasteiger partial charge in [0, 0.05) is 20.1 Å². The van der Waals surface area contributed by atoms with Gasteiger partial charge in [0.05, 0.1) is 15.6 Å². The van der Waals surface area contributed by atoms with Gasteiger partial charge < -0.3 is 10.6 Å². The molecule has 2 aromatic rings. The number of nitrogens with one attached hydrogen (secondary N) is 2. The lowest BCUT2D eigenvalue weighted by molar-refractivity contribution is -0.128. The van der Waals surface area contributed by atoms with Crippen LogP contribution in [-0.2, 0) is 11.3 Å². The molecule has 1 aromatic carbocycles. The van der Waals surface area contributed by atoms with Crippen LogP contribution in [0.25, 0.3) is 10.2 Å². The molecule has 0 aliphatic carbocycles. The van der Waals surface area contributed by atoms with Gasteiger partial charge in [0.15, 0.2) is 0 Å². The number of carbonyl (C=O) groups is 1. The lowest BCUT2D eigenvalue weighted by Gasteiger charge is -2.22. The van der Waals surface area contributed by atoms with E-state index in [2.05, 4.69) is 21.7 Å². The number of rotatable bonds is 5. The zero-order valence-electron chi connectivity index (χ0n) is 11.5. The third kappa shape index (κ3) is 3.30. The second kappa shape index (κ2) is 5.67. The van der Waals surface area contributed by atoms with E-state index in [0.717, 1.165) is 10.5 Å². The summed E-state index contributed by atoms with van der Waals surface area (Å²) in [7, 11) is 1.66. The van der Waals surface area contributed by atoms with Crippen molar-refractivity contribution in [2.24, 2.45) is 5.41 Å². The van der Waals surface area contributed by atoms with E-state index in [1.165, 1.54) is 4.70 Å². The Balaban J connectivity index is 1.94. The molecule has 0 atom stereocenters. The highest BCUT2D eigenvalue weighted by atomic mass is 32.1. The van der Waals surface area contributed by atoms with E-state index in [-0.39, 0.29) is 5.91 Å². The predicted molar refractivity (Wildman–Crippen MR) is 79.2 cm³/mol. The molecule has 2 rings (SSSR count). The normalized spacial score (nSPS) is 11.7. The molecule has 102 valence electrons. The number of fused-ring (bicyclic) bond motifs is 1. The number of hydrogen-bond acceptors (Lipinski definition) is 4. The summed E-state index contributed by atoms with van der Waals surface area (Å²) in [5.74, 6) is 0.0456. The maximum Gasteiger partial charge on any atom is 0.226 e. The van der Waals surface area contributed by atoms with E-state index in [9.17, 15) is 4.79 Å². The van der Waals surface area contributed by atoms with Crippen molar-refractivity contribution < 1.29 is 4.79 Å². The van der Waals surface area contributed by atoms with Crippen molar-refractivity contribution in [2.45, 2.75) is 20.4 Å². The van der Waals surface area contributed by atoms with Gasteiger partial charge in [-0.25, -0.2) is 4.98 Å². The van der Waals surface area contributed by atoms with E-state index in [4.69, 9.17) is 0 Å². The molecule has 1 aromatic heterocycles. The van der Waals surface area contributed by atoms with Gasteiger partial charge in [-0.05, 0) is 26.0 Å². The van der Waals surface area contributed by atoms with Gasteiger partial charge >= 0.3 is 0 Å². The van der Waals surface area contributed by atoms with Gasteiger partial charge in [-0.3, -0.25) is 4.79 Å². The first kappa shape index (κ1) is 14.0. The third-order valence-electron chi connectivity index (χ3n) is 3.02. The SMILES string of the molecule is CNC(=O)C(C)(C)CNCc1nc2ccccc2s1. The quantitative estimate of drug-likeness (QED) is 0.880. The van der Waals surface area contributed by atoms with Crippen LogP contribution in [0.4, 0.5) is 0 Å². The first-order valence-electron chi connectivity index (χ1n) is 6.30. The van der Waals surface area contributed by atoms with Crippen molar-refractivity contribution in [1.82, 2.24) is 15.6 Å². The van der Waals surface area contributed by atoms with Crippen LogP contribution in [0.5, 0.6) is 0 Å². The third-order valence-corrected chi connectivity index (χ3v) is 4.06. The molecule has 4 nitrogen and oxygen atoms in total. The van der Waals surface area contributed by atoms with Crippen LogP contribution in [0, 0.1) is 5.41 Å². The topological polar surface area (TPSA) is 54.0 Å². The summed E-state index contributed by atoms with van der Waals surface area (Å²) in [4.78, 5) is 16.2. The molecule has 1 amide bonds. The molecular formula is C14H19N3OS. The molecule has 0 aliphatic heterocycles. The van der Waals surface area contributed by atoms with Crippen LogP contribution in [0.2, 0.25) is 0 Å². The van der Waals surface area contributed by atoms with Crippen molar-refractivity contribution >= 4 is 27.5 Å². The fourth-order valence-electron chi connectivity index (χ4n) is 1.90. The molecule has 0 aliphatic rings. The number of hydrogen-bond donors (Lipinski definition) is 2. The standard InChI is InChI=1S/C14H19N3OS/c1-14(2,13(18)15-3)9-16-8-12-17-10-6-4-5-7-11(10)19-12/h4-7,16H,8-9H2,1-3H3,(H,15,18). The number of nitrogens with zero attached hydrogens (tertiary/aromatic N) is 1. The fraction of sp³-hybridized carbons (Fsp3) is 0.429. The van der Waals surface area contributed by atoms with E-state index in [1.54, 1.807) is 18.4 Å². The zero-order valence-corrected chi connectivity index (χ0v) is 12.3. The van der Waals surface area contributed by atoms with Crippen LogP contribution < -0.4 is 10.6 Å². The van der Waals surface area contributed by atoms with Crippen molar-refractivity contribution in [2.75, 3.05) is 13.6 Å². The van der Waals surface area contributed by atoms with Crippen molar-refractivity contribution in [3.8, 4) is 0 Å². The van der Waals surface area contributed by atoms with Crippen molar-refractivity contribution in [3.05, 3.63) is 29.3 Å². The molecular weight excluding hydrogens is 258 g/mol. The second-order valence-electron chi connectivity index (χ2n) is 5.14. The molecule has 0 unspecified atom stereocenters. The van der Waals surface area contributed by atoms with Gasteiger partial charge in [-0.15, -0.1) is 11.3 Å². The molecule has 5 heteroatoms. The molecule has 0 saturated heterocycles. The van der Waals surface area contributed by atoms with E-state index in [0.29, 0.717) is 13.1 Å². The molecule has 0 bridgehead atoms. The Hall–Kier alpha value is -1.46. The Morgan fingerprint density at radius 2 is 2.11 bits per heavy atom. The van der Waals surface area contributed by atoms with Crippen LogP contribution in [-0.4, -0.2) is 24.5 Å². The van der Waals surface area contributed by atoms with Crippen LogP contribution >= 0.6 is 11.3 Å². The molecule has 1 heterocycles. The van der Waals surface area contributed by atoms with E-state index in [1.807, 2.05) is 32.0 Å². The summed E-state index contributed by atoms with van der Waals surface area (Å²) in [6.45, 7) is 5.18. The molecule has 0 fully saturated rings. The summed E-state index contributed by atoms with van der Waals surface area (Å²) < 4.78 is 1.20. The van der Waals surface area contributed by atoms with Gasteiger partial charge in [-0.1, -0.05) is 12.1 Å². The number of benzene rings is 1. The lowest BCUT2D eigenvalue weighted by atomic mass is 9.92. The minimum atomic E-state index is -0.411. The summed E-state index contributed by atoms with van der Waals surface area (Å²) in [5.41, 5.74) is 0.626. The van der Waals surface area contributed by atoms with Crippen LogP contribution in [0.3, 0.4) is 0 Å². The summed E-state index contributed by atoms with van der Waals surface area (Å²) in [6.07, 6.45) is 0. The maximum atomic E-state index is 11.7. The van der Waals surface area contributed by atoms with Crippen LogP contribution in [0.1, 0.15) is 18.9 Å². The number of amides is 1. The number of para-hydroxylation sites is 1. The Labute approximate surface area is 117 Å². The second-order valence-corrected chi connectivity index (χ2v) is 6.26. The average molecular weight is 277 g/mol. The average Bonchev–Trinajstić information content (AvgIpc) is 2.80. The van der Waals surface area contributed by atoms with E-state index < -0.39 is 5.41 Å². The monoisotopic (exact) mass is 277 g/mol. The van der Waals surface area contributed by atoms with Gasteiger partial charge in [-0.2, -0.15) is 0 Å². The molecule has 2 N–H and O–H groups in total. The summed E-state index contributed by atoms with van der Waals surface area (Å²) in [5, 5.41) is 7.04. The Bertz CT molecular complexity index is 544. The highest BCUT2D eigenvalue weighted by molar-refractivity contribution is 7.18. The highest BCUT2D eigenvalue weighted by Gasteiger charge is 2.25. The van der Waals surface area contributed by atoms with Gasteiger partial charge in [0.2, 0.25) is 5.91 Å². The van der Waals surface area contributed by atoms with Gasteiger partial charge in [0.25, 0.3) is 0 Å². The zero-order chi connectivity index (χ0) is 13.9. The first-order chi connectivity index (χ1) is 9.03. The Morgan fingerprint density at radius 3 is 2.79 bits per heavy atom. The fourth-order valence-corrected chi connectivity index (χ4v) is 2.83. The maximum absolute atomic E-state index is 11.7. The molecule has 19 heavy (non-hydrogen) atoms. The molecule has 0 saturated carbocycles. The smallest absolute Gasteiger partial charge is 0.226 e. The molecule has 0 radical (unpaired) electrons. The Morgan fingerprint density at radius 1 is 1.37 bits per heavy atom. The summed E-state index contributed by atoms with van der Waals surface area (Å²) in [6, 6.07) is 8.11. The van der Waals surface area contributed by atoms with Crippen molar-refractivity contribution in [1.29, 1.82) is 0 Å². The number of thiazole rings is 1. The summed E-state index contributed by atoms with van der Waals surface area (Å²) >= 11 is 1.69. The Kier molecular flexibility index (Phi) is 4.17. The minimum Gasteiger partial charge on any atom is -0.359 e. The van der Waals surface area contributed by atoms with Crippen molar-refractivity contribution in [3.63, 3.8) is 0 Å².